The van der Waals surface area contributed by atoms with Crippen molar-refractivity contribution in [3.8, 4) is 0 Å². The lowest BCUT2D eigenvalue weighted by Gasteiger charge is -2.32. The maximum atomic E-state index is 14.0. The van der Waals surface area contributed by atoms with Gasteiger partial charge in [0.25, 0.3) is 10.0 Å². The normalized spacial score (nSPS) is 12.9. The minimum atomic E-state index is -4.16. The van der Waals surface area contributed by atoms with Crippen LogP contribution in [0.4, 0.5) is 5.69 Å². The average Bonchev–Trinajstić information content (AvgIpc) is 2.91. The molecule has 2 amide bonds. The van der Waals surface area contributed by atoms with Crippen LogP contribution in [0.3, 0.4) is 0 Å². The van der Waals surface area contributed by atoms with E-state index in [0.717, 1.165) is 31.9 Å². The van der Waals surface area contributed by atoms with Gasteiger partial charge in [0.2, 0.25) is 11.8 Å². The molecule has 1 N–H and O–H groups in total. The van der Waals surface area contributed by atoms with Gasteiger partial charge in [0.15, 0.2) is 0 Å². The zero-order chi connectivity index (χ0) is 29.6. The molecule has 7 nitrogen and oxygen atoms in total. The molecule has 0 fully saturated rings. The van der Waals surface area contributed by atoms with Crippen molar-refractivity contribution in [2.24, 2.45) is 0 Å². The van der Waals surface area contributed by atoms with E-state index in [1.807, 2.05) is 52.0 Å². The number of nitrogens with one attached hydrogen (secondary N) is 1. The van der Waals surface area contributed by atoms with E-state index in [4.69, 9.17) is 11.6 Å². The van der Waals surface area contributed by atoms with Crippen LogP contribution >= 0.6 is 27.5 Å². The molecule has 0 spiro atoms. The Morgan fingerprint density at radius 1 is 1.00 bits per heavy atom. The summed E-state index contributed by atoms with van der Waals surface area (Å²) in [6, 6.07) is 17.8. The van der Waals surface area contributed by atoms with Crippen LogP contribution in [0.25, 0.3) is 0 Å². The number of anilines is 1. The summed E-state index contributed by atoms with van der Waals surface area (Å²) in [6.45, 7) is 8.76. The molecule has 2 atom stereocenters. The number of rotatable bonds is 11. The monoisotopic (exact) mass is 647 g/mol. The third-order valence-corrected chi connectivity index (χ3v) is 9.43. The fourth-order valence-corrected chi connectivity index (χ4v) is 6.01. The molecule has 0 aliphatic carbocycles. The van der Waals surface area contributed by atoms with Crippen LogP contribution in [-0.2, 0) is 26.2 Å². The van der Waals surface area contributed by atoms with Gasteiger partial charge in [-0.05, 0) is 81.6 Å². The van der Waals surface area contributed by atoms with Crippen molar-refractivity contribution in [3.63, 3.8) is 0 Å². The topological polar surface area (TPSA) is 86.8 Å². The van der Waals surface area contributed by atoms with Crippen LogP contribution in [-0.4, -0.2) is 43.8 Å². The van der Waals surface area contributed by atoms with Crippen LogP contribution in [0.1, 0.15) is 43.9 Å². The molecule has 0 aliphatic rings. The summed E-state index contributed by atoms with van der Waals surface area (Å²) in [7, 11) is -4.16. The van der Waals surface area contributed by atoms with Gasteiger partial charge >= 0.3 is 0 Å². The van der Waals surface area contributed by atoms with Gasteiger partial charge in [-0.15, -0.1) is 0 Å². The first-order valence-corrected chi connectivity index (χ1v) is 15.6. The molecule has 214 valence electrons. The van der Waals surface area contributed by atoms with E-state index in [1.54, 1.807) is 31.2 Å². The van der Waals surface area contributed by atoms with Crippen LogP contribution in [0.15, 0.2) is 76.1 Å². The molecule has 10 heteroatoms. The van der Waals surface area contributed by atoms with Gasteiger partial charge in [-0.3, -0.25) is 13.9 Å². The highest BCUT2D eigenvalue weighted by molar-refractivity contribution is 9.10. The minimum Gasteiger partial charge on any atom is -0.352 e. The van der Waals surface area contributed by atoms with Gasteiger partial charge in [-0.1, -0.05) is 70.3 Å². The highest BCUT2D eigenvalue weighted by Crippen LogP contribution is 2.29. The van der Waals surface area contributed by atoms with Gasteiger partial charge < -0.3 is 10.2 Å². The lowest BCUT2D eigenvalue weighted by Crippen LogP contribution is -2.52. The number of carbonyl (C=O) groups is 2. The summed E-state index contributed by atoms with van der Waals surface area (Å²) >= 11 is 9.83. The molecule has 0 saturated heterocycles. The summed E-state index contributed by atoms with van der Waals surface area (Å²) in [5.41, 5.74) is 2.72. The molecule has 40 heavy (non-hydrogen) atoms. The maximum Gasteiger partial charge on any atom is 0.264 e. The third-order valence-electron chi connectivity index (χ3n) is 6.74. The molecule has 0 radical (unpaired) electrons. The van der Waals surface area contributed by atoms with Gasteiger partial charge in [0.1, 0.15) is 12.6 Å². The molecule has 0 heterocycles. The van der Waals surface area contributed by atoms with E-state index in [1.165, 1.54) is 23.1 Å². The van der Waals surface area contributed by atoms with E-state index >= 15 is 0 Å². The van der Waals surface area contributed by atoms with Crippen molar-refractivity contribution in [2.45, 2.75) is 64.6 Å². The highest BCUT2D eigenvalue weighted by atomic mass is 79.9. The van der Waals surface area contributed by atoms with Crippen molar-refractivity contribution in [2.75, 3.05) is 10.8 Å². The SMILES string of the molecule is CC[C@H](C)NC(=O)[C@@H](C)N(Cc1cccc(Br)c1)C(=O)CN(c1ccc(C)c(Cl)c1)S(=O)(=O)c1ccc(C)cc1. The van der Waals surface area contributed by atoms with Crippen molar-refractivity contribution in [1.29, 1.82) is 0 Å². The standard InChI is InChI=1S/C30H35BrClN3O4S/c1-6-22(4)33-30(37)23(5)34(18-24-8-7-9-25(31)16-24)29(36)19-35(26-13-12-21(3)28(32)17-26)40(38,39)27-14-10-20(2)11-15-27/h7-17,22-23H,6,18-19H2,1-5H3,(H,33,37)/t22-,23+/m0/s1. The van der Waals surface area contributed by atoms with Crippen molar-refractivity contribution in [1.82, 2.24) is 10.2 Å². The Kier molecular flexibility index (Phi) is 10.8. The smallest absolute Gasteiger partial charge is 0.264 e. The first kappa shape index (κ1) is 31.6. The molecule has 0 bridgehead atoms. The van der Waals surface area contributed by atoms with Crippen molar-refractivity contribution in [3.05, 3.63) is 92.9 Å². The Bertz CT molecular complexity index is 1460. The third kappa shape index (κ3) is 7.86. The molecule has 3 rings (SSSR count). The van der Waals surface area contributed by atoms with Crippen molar-refractivity contribution < 1.29 is 18.0 Å². The Hall–Kier alpha value is -2.88. The largest absolute Gasteiger partial charge is 0.352 e. The summed E-state index contributed by atoms with van der Waals surface area (Å²) in [5.74, 6) is -0.844. The van der Waals surface area contributed by atoms with Crippen LogP contribution < -0.4 is 9.62 Å². The zero-order valence-corrected chi connectivity index (χ0v) is 26.5. The van der Waals surface area contributed by atoms with Crippen LogP contribution in [0.2, 0.25) is 5.02 Å². The molecule has 3 aromatic carbocycles. The maximum absolute atomic E-state index is 14.0. The fraction of sp³-hybridized carbons (Fsp3) is 0.333. The molecule has 0 aromatic heterocycles. The minimum absolute atomic E-state index is 0.0451. The Morgan fingerprint density at radius 3 is 2.27 bits per heavy atom. The number of benzene rings is 3. The Labute approximate surface area is 250 Å². The Morgan fingerprint density at radius 2 is 1.68 bits per heavy atom. The van der Waals surface area contributed by atoms with E-state index in [2.05, 4.69) is 21.2 Å². The van der Waals surface area contributed by atoms with E-state index in [9.17, 15) is 18.0 Å². The van der Waals surface area contributed by atoms with Crippen molar-refractivity contribution >= 4 is 55.1 Å². The number of amides is 2. The first-order chi connectivity index (χ1) is 18.8. The van der Waals surface area contributed by atoms with Crippen LogP contribution in [0.5, 0.6) is 0 Å². The van der Waals surface area contributed by atoms with Gasteiger partial charge in [-0.2, -0.15) is 0 Å². The second kappa shape index (κ2) is 13.7. The van der Waals surface area contributed by atoms with Gasteiger partial charge in [0, 0.05) is 22.1 Å². The lowest BCUT2D eigenvalue weighted by atomic mass is 10.1. The van der Waals surface area contributed by atoms with Crippen LogP contribution in [0, 0.1) is 13.8 Å². The second-order valence-corrected chi connectivity index (χ2v) is 13.1. The predicted octanol–water partition coefficient (Wildman–Crippen LogP) is 6.25. The zero-order valence-electron chi connectivity index (χ0n) is 23.3. The number of hydrogen-bond acceptors (Lipinski definition) is 4. The summed E-state index contributed by atoms with van der Waals surface area (Å²) in [5, 5.41) is 3.31. The highest BCUT2D eigenvalue weighted by Gasteiger charge is 2.33. The number of aryl methyl sites for hydroxylation is 2. The summed E-state index contributed by atoms with van der Waals surface area (Å²) < 4.78 is 29.7. The van der Waals surface area contributed by atoms with Gasteiger partial charge in [-0.25, -0.2) is 8.42 Å². The van der Waals surface area contributed by atoms with E-state index in [0.29, 0.717) is 5.02 Å². The molecule has 0 aliphatic heterocycles. The summed E-state index contributed by atoms with van der Waals surface area (Å²) in [6.07, 6.45) is 0.731. The van der Waals surface area contributed by atoms with Gasteiger partial charge in [0.05, 0.1) is 10.6 Å². The molecule has 0 saturated carbocycles. The first-order valence-electron chi connectivity index (χ1n) is 13.0. The van der Waals surface area contributed by atoms with E-state index < -0.39 is 28.5 Å². The quantitative estimate of drug-likeness (QED) is 0.267. The molecular weight excluding hydrogens is 614 g/mol. The fourth-order valence-electron chi connectivity index (χ4n) is 3.98. The number of carbonyl (C=O) groups excluding carboxylic acids is 2. The second-order valence-electron chi connectivity index (χ2n) is 9.90. The Balaban J connectivity index is 2.05. The molecule has 0 unspecified atom stereocenters. The molecule has 3 aromatic rings. The lowest BCUT2D eigenvalue weighted by molar-refractivity contribution is -0.139. The number of halogens is 2. The summed E-state index contributed by atoms with van der Waals surface area (Å²) in [4.78, 5) is 28.6. The number of hydrogen-bond donors (Lipinski definition) is 1. The van der Waals surface area contributed by atoms with E-state index in [-0.39, 0.29) is 29.1 Å². The number of sulfonamides is 1. The predicted molar refractivity (Wildman–Crippen MR) is 164 cm³/mol. The number of nitrogens with zero attached hydrogens (tertiary/aromatic N) is 2. The average molecular weight is 649 g/mol. The molecular formula is C30H35BrClN3O4S.